The van der Waals surface area contributed by atoms with E-state index in [4.69, 9.17) is 4.74 Å². The molecule has 0 aromatic carbocycles. The van der Waals surface area contributed by atoms with Crippen molar-refractivity contribution >= 4 is 5.82 Å². The van der Waals surface area contributed by atoms with Gasteiger partial charge in [-0.1, -0.05) is 6.92 Å². The lowest BCUT2D eigenvalue weighted by Gasteiger charge is -2.21. The summed E-state index contributed by atoms with van der Waals surface area (Å²) in [4.78, 5) is 6.64. The van der Waals surface area contributed by atoms with Gasteiger partial charge in [0, 0.05) is 25.2 Å². The van der Waals surface area contributed by atoms with E-state index in [1.54, 1.807) is 6.20 Å². The molecule has 0 spiro atoms. The number of ether oxygens (including phenoxy) is 1. The van der Waals surface area contributed by atoms with Gasteiger partial charge in [-0.15, -0.1) is 0 Å². The van der Waals surface area contributed by atoms with Crippen LogP contribution in [0.25, 0.3) is 0 Å². The van der Waals surface area contributed by atoms with Crippen molar-refractivity contribution in [3.8, 4) is 5.75 Å². The van der Waals surface area contributed by atoms with E-state index in [1.165, 1.54) is 0 Å². The van der Waals surface area contributed by atoms with Gasteiger partial charge in [-0.2, -0.15) is 0 Å². The topological polar surface area (TPSA) is 45.6 Å². The summed E-state index contributed by atoms with van der Waals surface area (Å²) in [6, 6.07) is 3.87. The zero-order chi connectivity index (χ0) is 13.0. The largest absolute Gasteiger partial charge is 0.490 e. The molecule has 1 fully saturated rings. The van der Waals surface area contributed by atoms with E-state index < -0.39 is 0 Å². The summed E-state index contributed by atoms with van der Waals surface area (Å²) in [5, 5.41) is 9.65. The molecule has 0 bridgehead atoms. The maximum Gasteiger partial charge on any atom is 0.171 e. The van der Waals surface area contributed by atoms with Crippen LogP contribution in [0.15, 0.2) is 18.3 Å². The number of aromatic nitrogens is 1. The van der Waals surface area contributed by atoms with Crippen LogP contribution in [0.5, 0.6) is 5.75 Å². The van der Waals surface area contributed by atoms with Crippen LogP contribution in [0, 0.1) is 5.92 Å². The summed E-state index contributed by atoms with van der Waals surface area (Å²) in [7, 11) is 0. The van der Waals surface area contributed by atoms with Crippen LogP contribution in [0.2, 0.25) is 0 Å². The fraction of sp³-hybridized carbons (Fsp3) is 0.643. The molecule has 2 atom stereocenters. The van der Waals surface area contributed by atoms with E-state index in [9.17, 15) is 5.11 Å². The lowest BCUT2D eigenvalue weighted by Crippen LogP contribution is -2.25. The SMILES string of the molecule is CCCOc1cccnc1N1CCC(C(C)O)C1. The number of aliphatic hydroxyl groups is 1. The van der Waals surface area contributed by atoms with Crippen LogP contribution in [-0.4, -0.2) is 35.9 Å². The summed E-state index contributed by atoms with van der Waals surface area (Å²) in [5.74, 6) is 2.10. The van der Waals surface area contributed by atoms with Gasteiger partial charge in [0.05, 0.1) is 12.7 Å². The lowest BCUT2D eigenvalue weighted by atomic mass is 10.0. The van der Waals surface area contributed by atoms with Crippen molar-refractivity contribution in [1.82, 2.24) is 4.98 Å². The molecule has 4 heteroatoms. The predicted octanol–water partition coefficient (Wildman–Crippen LogP) is 2.08. The van der Waals surface area contributed by atoms with Gasteiger partial charge >= 0.3 is 0 Å². The van der Waals surface area contributed by atoms with Gasteiger partial charge in [0.1, 0.15) is 0 Å². The van der Waals surface area contributed by atoms with E-state index in [2.05, 4.69) is 16.8 Å². The average molecular weight is 250 g/mol. The molecule has 1 aliphatic heterocycles. The number of rotatable bonds is 5. The number of aliphatic hydroxyl groups excluding tert-OH is 1. The molecule has 2 rings (SSSR count). The number of pyridine rings is 1. The van der Waals surface area contributed by atoms with Crippen LogP contribution in [0.4, 0.5) is 5.82 Å². The minimum Gasteiger partial charge on any atom is -0.490 e. The molecule has 0 radical (unpaired) electrons. The Morgan fingerprint density at radius 3 is 3.11 bits per heavy atom. The van der Waals surface area contributed by atoms with Gasteiger partial charge < -0.3 is 14.7 Å². The van der Waals surface area contributed by atoms with E-state index >= 15 is 0 Å². The fourth-order valence-electron chi connectivity index (χ4n) is 2.32. The first-order valence-electron chi connectivity index (χ1n) is 6.73. The van der Waals surface area contributed by atoms with Crippen LogP contribution in [0.3, 0.4) is 0 Å². The standard InChI is InChI=1S/C14H22N2O2/c1-3-9-18-13-5-4-7-15-14(13)16-8-6-12(10-16)11(2)17/h4-5,7,11-12,17H,3,6,8-10H2,1-2H3. The van der Waals surface area contributed by atoms with Crippen LogP contribution in [-0.2, 0) is 0 Å². The highest BCUT2D eigenvalue weighted by Gasteiger charge is 2.28. The number of anilines is 1. The second kappa shape index (κ2) is 6.05. The van der Waals surface area contributed by atoms with Crippen molar-refractivity contribution in [1.29, 1.82) is 0 Å². The molecular formula is C14H22N2O2. The third-order valence-electron chi connectivity index (χ3n) is 3.42. The van der Waals surface area contributed by atoms with Gasteiger partial charge in [0.25, 0.3) is 0 Å². The predicted molar refractivity (Wildman–Crippen MR) is 72.0 cm³/mol. The van der Waals surface area contributed by atoms with Crippen molar-refractivity contribution in [2.45, 2.75) is 32.8 Å². The molecule has 0 aliphatic carbocycles. The van der Waals surface area contributed by atoms with E-state index in [0.717, 1.165) is 37.5 Å². The molecule has 2 unspecified atom stereocenters. The monoisotopic (exact) mass is 250 g/mol. The Balaban J connectivity index is 2.08. The molecule has 4 nitrogen and oxygen atoms in total. The molecule has 1 aromatic heterocycles. The molecule has 1 N–H and O–H groups in total. The zero-order valence-electron chi connectivity index (χ0n) is 11.2. The highest BCUT2D eigenvalue weighted by atomic mass is 16.5. The quantitative estimate of drug-likeness (QED) is 0.869. The molecule has 18 heavy (non-hydrogen) atoms. The molecular weight excluding hydrogens is 228 g/mol. The van der Waals surface area contributed by atoms with Crippen LogP contribution in [0.1, 0.15) is 26.7 Å². The Morgan fingerprint density at radius 1 is 1.61 bits per heavy atom. The minimum absolute atomic E-state index is 0.251. The summed E-state index contributed by atoms with van der Waals surface area (Å²) >= 11 is 0. The summed E-state index contributed by atoms with van der Waals surface area (Å²) in [6.45, 7) is 6.47. The molecule has 1 aliphatic rings. The second-order valence-corrected chi connectivity index (χ2v) is 4.91. The third kappa shape index (κ3) is 2.93. The third-order valence-corrected chi connectivity index (χ3v) is 3.42. The van der Waals surface area contributed by atoms with Crippen molar-refractivity contribution < 1.29 is 9.84 Å². The Kier molecular flexibility index (Phi) is 4.42. The maximum atomic E-state index is 9.65. The normalized spacial score (nSPS) is 21.1. The number of hydrogen-bond donors (Lipinski definition) is 1. The summed E-state index contributed by atoms with van der Waals surface area (Å²) in [6.07, 6.45) is 3.55. The van der Waals surface area contributed by atoms with Crippen molar-refractivity contribution in [3.05, 3.63) is 18.3 Å². The van der Waals surface area contributed by atoms with Gasteiger partial charge in [0.2, 0.25) is 0 Å². The fourth-order valence-corrected chi connectivity index (χ4v) is 2.32. The maximum absolute atomic E-state index is 9.65. The Hall–Kier alpha value is -1.29. The van der Waals surface area contributed by atoms with E-state index in [-0.39, 0.29) is 6.10 Å². The van der Waals surface area contributed by atoms with Gasteiger partial charge in [-0.05, 0) is 31.9 Å². The summed E-state index contributed by atoms with van der Waals surface area (Å²) < 4.78 is 5.73. The number of nitrogens with zero attached hydrogens (tertiary/aromatic N) is 2. The zero-order valence-corrected chi connectivity index (χ0v) is 11.2. The smallest absolute Gasteiger partial charge is 0.171 e. The van der Waals surface area contributed by atoms with Gasteiger partial charge in [-0.25, -0.2) is 4.98 Å². The molecule has 0 amide bonds. The Morgan fingerprint density at radius 2 is 2.44 bits per heavy atom. The minimum atomic E-state index is -0.251. The average Bonchev–Trinajstić information content (AvgIpc) is 2.86. The van der Waals surface area contributed by atoms with E-state index in [0.29, 0.717) is 12.5 Å². The Labute approximate surface area is 109 Å². The molecule has 0 saturated carbocycles. The van der Waals surface area contributed by atoms with Crippen molar-refractivity contribution in [2.75, 3.05) is 24.6 Å². The first-order valence-corrected chi connectivity index (χ1v) is 6.73. The number of hydrogen-bond acceptors (Lipinski definition) is 4. The van der Waals surface area contributed by atoms with Crippen molar-refractivity contribution in [2.24, 2.45) is 5.92 Å². The molecule has 1 aromatic rings. The second-order valence-electron chi connectivity index (χ2n) is 4.91. The summed E-state index contributed by atoms with van der Waals surface area (Å²) in [5.41, 5.74) is 0. The van der Waals surface area contributed by atoms with Gasteiger partial charge in [0.15, 0.2) is 11.6 Å². The highest BCUT2D eigenvalue weighted by molar-refractivity contribution is 5.52. The van der Waals surface area contributed by atoms with Crippen LogP contribution >= 0.6 is 0 Å². The molecule has 2 heterocycles. The Bertz CT molecular complexity index is 382. The highest BCUT2D eigenvalue weighted by Crippen LogP contribution is 2.31. The van der Waals surface area contributed by atoms with Crippen LogP contribution < -0.4 is 9.64 Å². The van der Waals surface area contributed by atoms with E-state index in [1.807, 2.05) is 19.1 Å². The molecule has 1 saturated heterocycles. The first-order chi connectivity index (χ1) is 8.72. The van der Waals surface area contributed by atoms with Crippen molar-refractivity contribution in [3.63, 3.8) is 0 Å². The first kappa shape index (κ1) is 13.1. The molecule has 100 valence electrons. The lowest BCUT2D eigenvalue weighted by molar-refractivity contribution is 0.136. The van der Waals surface area contributed by atoms with Gasteiger partial charge in [-0.3, -0.25) is 0 Å².